The first-order chi connectivity index (χ1) is 11.8. The molecule has 25 heavy (non-hydrogen) atoms. The molecule has 0 unspecified atom stereocenters. The zero-order chi connectivity index (χ0) is 18.2. The Labute approximate surface area is 154 Å². The molecule has 0 amide bonds. The van der Waals surface area contributed by atoms with Gasteiger partial charge in [-0.25, -0.2) is 22.4 Å². The van der Waals surface area contributed by atoms with E-state index in [0.29, 0.717) is 0 Å². The van der Waals surface area contributed by atoms with Crippen molar-refractivity contribution < 1.29 is 13.2 Å². The van der Waals surface area contributed by atoms with Crippen LogP contribution in [0.1, 0.15) is 21.5 Å². The molecule has 0 fully saturated rings. The summed E-state index contributed by atoms with van der Waals surface area (Å²) in [6, 6.07) is 7.57. The first kappa shape index (κ1) is 17.6. The first-order valence-corrected chi connectivity index (χ1v) is 9.20. The average Bonchev–Trinajstić information content (AvgIpc) is 2.98. The minimum atomic E-state index is -3.92. The van der Waals surface area contributed by atoms with E-state index in [9.17, 15) is 13.2 Å². The Bertz CT molecular complexity index is 1060. The van der Waals surface area contributed by atoms with E-state index in [-0.39, 0.29) is 26.3 Å². The van der Waals surface area contributed by atoms with E-state index in [1.807, 2.05) is 6.92 Å². The van der Waals surface area contributed by atoms with E-state index in [2.05, 4.69) is 9.97 Å². The van der Waals surface area contributed by atoms with Crippen LogP contribution in [0.4, 0.5) is 0 Å². The van der Waals surface area contributed by atoms with Crippen molar-refractivity contribution in [2.24, 2.45) is 0 Å². The molecule has 2 heterocycles. The van der Waals surface area contributed by atoms with Crippen molar-refractivity contribution in [3.8, 4) is 0 Å². The van der Waals surface area contributed by atoms with Crippen molar-refractivity contribution in [1.82, 2.24) is 13.9 Å². The molecule has 0 atom stereocenters. The van der Waals surface area contributed by atoms with Gasteiger partial charge in [0.25, 0.3) is 10.0 Å². The summed E-state index contributed by atoms with van der Waals surface area (Å²) in [7, 11) is -3.92. The fourth-order valence-electron chi connectivity index (χ4n) is 2.17. The molecule has 9 heteroatoms. The Morgan fingerprint density at radius 1 is 1.16 bits per heavy atom. The van der Waals surface area contributed by atoms with E-state index < -0.39 is 15.8 Å². The third kappa shape index (κ3) is 3.30. The number of halogens is 2. The summed E-state index contributed by atoms with van der Waals surface area (Å²) in [5.41, 5.74) is 1.05. The van der Waals surface area contributed by atoms with Crippen LogP contribution in [-0.4, -0.2) is 28.1 Å². The maximum atomic E-state index is 12.7. The summed E-state index contributed by atoms with van der Waals surface area (Å²) >= 11 is 11.9. The molecule has 6 nitrogen and oxygen atoms in total. The topological polar surface area (TPSA) is 81.9 Å². The Morgan fingerprint density at radius 3 is 2.48 bits per heavy atom. The highest BCUT2D eigenvalue weighted by Gasteiger charge is 2.23. The van der Waals surface area contributed by atoms with E-state index in [4.69, 9.17) is 23.2 Å². The van der Waals surface area contributed by atoms with Crippen LogP contribution in [0.2, 0.25) is 10.3 Å². The van der Waals surface area contributed by atoms with Crippen LogP contribution < -0.4 is 0 Å². The van der Waals surface area contributed by atoms with Gasteiger partial charge in [-0.15, -0.1) is 0 Å². The zero-order valence-electron chi connectivity index (χ0n) is 12.8. The smallest absolute Gasteiger partial charge is 0.268 e. The summed E-state index contributed by atoms with van der Waals surface area (Å²) in [6.45, 7) is 1.85. The maximum absolute atomic E-state index is 12.7. The molecule has 0 aliphatic rings. The van der Waals surface area contributed by atoms with Crippen molar-refractivity contribution in [3.63, 3.8) is 0 Å². The monoisotopic (exact) mass is 395 g/mol. The number of nitrogens with zero attached hydrogens (tertiary/aromatic N) is 3. The SMILES string of the molecule is Cc1ccc(S(=O)(=O)n2cc(C(=O)c3cncnc3Cl)cc2Cl)cc1. The molecule has 3 rings (SSSR count). The standard InChI is InChI=1S/C16H11Cl2N3O3S/c1-10-2-4-12(5-3-10)25(23,24)21-8-11(6-14(21)17)15(22)13-7-19-9-20-16(13)18/h2-9H,1H3. The molecule has 0 bridgehead atoms. The predicted molar refractivity (Wildman–Crippen MR) is 93.7 cm³/mol. The number of rotatable bonds is 4. The quantitative estimate of drug-likeness (QED) is 0.499. The number of ketones is 1. The molecular formula is C16H11Cl2N3O3S. The number of hydrogen-bond donors (Lipinski definition) is 0. The van der Waals surface area contributed by atoms with E-state index >= 15 is 0 Å². The van der Waals surface area contributed by atoms with Crippen LogP contribution >= 0.6 is 23.2 Å². The molecule has 0 saturated heterocycles. The largest absolute Gasteiger partial charge is 0.288 e. The first-order valence-electron chi connectivity index (χ1n) is 7.01. The highest BCUT2D eigenvalue weighted by Crippen LogP contribution is 2.25. The van der Waals surface area contributed by atoms with Crippen LogP contribution in [0.15, 0.2) is 53.9 Å². The summed E-state index contributed by atoms with van der Waals surface area (Å²) in [4.78, 5) is 20.1. The van der Waals surface area contributed by atoms with Crippen LogP contribution in [-0.2, 0) is 10.0 Å². The van der Waals surface area contributed by atoms with Gasteiger partial charge in [0.15, 0.2) is 5.78 Å². The molecule has 0 aliphatic carbocycles. The lowest BCUT2D eigenvalue weighted by Gasteiger charge is -2.07. The second kappa shape index (κ2) is 6.59. The van der Waals surface area contributed by atoms with Crippen molar-refractivity contribution in [1.29, 1.82) is 0 Å². The van der Waals surface area contributed by atoms with Gasteiger partial charge < -0.3 is 0 Å². The summed E-state index contributed by atoms with van der Waals surface area (Å²) in [6.07, 6.45) is 3.62. The van der Waals surface area contributed by atoms with Gasteiger partial charge in [-0.05, 0) is 25.1 Å². The predicted octanol–water partition coefficient (Wildman–Crippen LogP) is 3.36. The molecule has 0 saturated carbocycles. The number of hydrogen-bond acceptors (Lipinski definition) is 5. The molecule has 0 radical (unpaired) electrons. The zero-order valence-corrected chi connectivity index (χ0v) is 15.2. The lowest BCUT2D eigenvalue weighted by molar-refractivity contribution is 0.103. The number of aryl methyl sites for hydroxylation is 1. The molecular weight excluding hydrogens is 385 g/mol. The molecule has 2 aromatic heterocycles. The lowest BCUT2D eigenvalue weighted by Crippen LogP contribution is -2.12. The van der Waals surface area contributed by atoms with E-state index in [0.717, 1.165) is 15.7 Å². The van der Waals surface area contributed by atoms with Crippen molar-refractivity contribution in [2.45, 2.75) is 11.8 Å². The molecule has 3 aromatic rings. The van der Waals surface area contributed by atoms with Gasteiger partial charge in [0.2, 0.25) is 0 Å². The third-order valence-corrected chi connectivity index (χ3v) is 5.87. The van der Waals surface area contributed by atoms with Crippen molar-refractivity contribution in [3.05, 3.63) is 76.0 Å². The van der Waals surface area contributed by atoms with Gasteiger partial charge in [0, 0.05) is 18.0 Å². The van der Waals surface area contributed by atoms with Crippen LogP contribution in [0, 0.1) is 6.92 Å². The van der Waals surface area contributed by atoms with Crippen LogP contribution in [0.5, 0.6) is 0 Å². The highest BCUT2D eigenvalue weighted by molar-refractivity contribution is 7.90. The van der Waals surface area contributed by atoms with Crippen LogP contribution in [0.25, 0.3) is 0 Å². The average molecular weight is 396 g/mol. The van der Waals surface area contributed by atoms with Crippen molar-refractivity contribution in [2.75, 3.05) is 0 Å². The van der Waals surface area contributed by atoms with Gasteiger partial charge >= 0.3 is 0 Å². The molecule has 0 N–H and O–H groups in total. The summed E-state index contributed by atoms with van der Waals surface area (Å²) in [5.74, 6) is -0.523. The minimum absolute atomic E-state index is 0.0229. The summed E-state index contributed by atoms with van der Waals surface area (Å²) in [5, 5.41) is -0.137. The van der Waals surface area contributed by atoms with Gasteiger partial charge in [0.1, 0.15) is 16.6 Å². The number of carbonyl (C=O) groups excluding carboxylic acids is 1. The molecule has 0 spiro atoms. The highest BCUT2D eigenvalue weighted by atomic mass is 35.5. The van der Waals surface area contributed by atoms with E-state index in [1.54, 1.807) is 12.1 Å². The Hall–Kier alpha value is -2.22. The van der Waals surface area contributed by atoms with E-state index in [1.165, 1.54) is 30.7 Å². The van der Waals surface area contributed by atoms with Gasteiger partial charge in [-0.3, -0.25) is 4.79 Å². The van der Waals surface area contributed by atoms with Crippen molar-refractivity contribution >= 4 is 39.0 Å². The van der Waals surface area contributed by atoms with Gasteiger partial charge in [-0.1, -0.05) is 40.9 Å². The fourth-order valence-corrected chi connectivity index (χ4v) is 4.03. The van der Waals surface area contributed by atoms with Gasteiger partial charge in [0.05, 0.1) is 10.5 Å². The number of carbonyl (C=O) groups is 1. The second-order valence-corrected chi connectivity index (χ2v) is 7.78. The molecule has 128 valence electrons. The fraction of sp³-hybridized carbons (Fsp3) is 0.0625. The number of benzene rings is 1. The maximum Gasteiger partial charge on any atom is 0.268 e. The Morgan fingerprint density at radius 2 is 1.84 bits per heavy atom. The Balaban J connectivity index is 2.05. The summed E-state index contributed by atoms with van der Waals surface area (Å²) < 4.78 is 26.3. The third-order valence-electron chi connectivity index (χ3n) is 3.49. The van der Waals surface area contributed by atoms with Gasteiger partial charge in [-0.2, -0.15) is 0 Å². The lowest BCUT2D eigenvalue weighted by atomic mass is 10.1. The number of aromatic nitrogens is 3. The molecule has 0 aliphatic heterocycles. The van der Waals surface area contributed by atoms with Crippen LogP contribution in [0.3, 0.4) is 0 Å². The Kier molecular flexibility index (Phi) is 4.64. The molecule has 1 aromatic carbocycles. The normalized spacial score (nSPS) is 11.5. The minimum Gasteiger partial charge on any atom is -0.288 e. The second-order valence-electron chi connectivity index (χ2n) is 5.22.